The molecule has 128 valence electrons. The van der Waals surface area contributed by atoms with Gasteiger partial charge in [0.2, 0.25) is 0 Å². The topological polar surface area (TPSA) is 45.2 Å². The van der Waals surface area contributed by atoms with Gasteiger partial charge in [0.25, 0.3) is 5.91 Å². The number of hydrogen-bond donors (Lipinski definition) is 1. The third-order valence-electron chi connectivity index (χ3n) is 4.92. The van der Waals surface area contributed by atoms with Gasteiger partial charge in [-0.2, -0.15) is 0 Å². The monoisotopic (exact) mass is 399 g/mol. The Bertz CT molecular complexity index is 737. The lowest BCUT2D eigenvalue weighted by atomic mass is 9.79. The summed E-state index contributed by atoms with van der Waals surface area (Å²) in [7, 11) is 0. The van der Waals surface area contributed by atoms with Gasteiger partial charge >= 0.3 is 0 Å². The molecular weight excluding hydrogens is 382 g/mol. The minimum absolute atomic E-state index is 0.0506. The van der Waals surface area contributed by atoms with Gasteiger partial charge in [-0.05, 0) is 62.7 Å². The molecule has 8 heteroatoms. The van der Waals surface area contributed by atoms with E-state index in [-0.39, 0.29) is 11.9 Å². The molecular formula is C16H18ClN3OS3. The fraction of sp³-hybridized carbons (Fsp3) is 0.500. The van der Waals surface area contributed by atoms with Crippen LogP contribution in [0.25, 0.3) is 0 Å². The van der Waals surface area contributed by atoms with Gasteiger partial charge in [-0.15, -0.1) is 11.3 Å². The van der Waals surface area contributed by atoms with E-state index in [4.69, 9.17) is 11.6 Å². The number of carbonyl (C=O) groups is 1. The van der Waals surface area contributed by atoms with Crippen molar-refractivity contribution in [3.05, 3.63) is 27.5 Å². The first kappa shape index (κ1) is 16.8. The van der Waals surface area contributed by atoms with Crippen LogP contribution in [0.15, 0.2) is 26.9 Å². The van der Waals surface area contributed by atoms with Crippen molar-refractivity contribution in [1.82, 2.24) is 15.2 Å². The minimum atomic E-state index is 0.0506. The first-order chi connectivity index (χ1) is 11.6. The highest BCUT2D eigenvalue weighted by molar-refractivity contribution is 8.02. The Morgan fingerprint density at radius 1 is 1.38 bits per heavy atom. The fourth-order valence-electron chi connectivity index (χ4n) is 3.64. The smallest absolute Gasteiger partial charge is 0.261 e. The molecule has 3 aliphatic heterocycles. The summed E-state index contributed by atoms with van der Waals surface area (Å²) in [6.45, 7) is 4.58. The molecule has 0 unspecified atom stereocenters. The van der Waals surface area contributed by atoms with Crippen LogP contribution in [0.5, 0.6) is 0 Å². The highest BCUT2D eigenvalue weighted by Gasteiger charge is 2.40. The molecule has 24 heavy (non-hydrogen) atoms. The Hall–Kier alpha value is -0.600. The number of halogens is 1. The number of thiophene rings is 1. The van der Waals surface area contributed by atoms with Gasteiger partial charge in [0.15, 0.2) is 4.34 Å². The van der Waals surface area contributed by atoms with Gasteiger partial charge in [-0.25, -0.2) is 4.98 Å². The Kier molecular flexibility index (Phi) is 4.88. The van der Waals surface area contributed by atoms with Crippen molar-refractivity contribution in [2.24, 2.45) is 5.92 Å². The number of nitrogens with zero attached hydrogens (tertiary/aromatic N) is 2. The standard InChI is InChI=1S/C16H18ClN3OS3/c1-9-14(10-4-6-20(9)7-5-10)19-15(21)11-2-3-13(22-11)24-16-18-8-12(17)23-16/h2-3,8-10,14H,4-7H2,1H3,(H,19,21)/t9-,14-/m0/s1. The van der Waals surface area contributed by atoms with Gasteiger partial charge < -0.3 is 5.32 Å². The number of piperidine rings is 3. The van der Waals surface area contributed by atoms with Crippen molar-refractivity contribution in [3.8, 4) is 0 Å². The molecule has 1 amide bonds. The number of rotatable bonds is 4. The van der Waals surface area contributed by atoms with E-state index >= 15 is 0 Å². The van der Waals surface area contributed by atoms with E-state index in [1.54, 1.807) is 18.0 Å². The van der Waals surface area contributed by atoms with Gasteiger partial charge in [0.1, 0.15) is 4.34 Å². The maximum Gasteiger partial charge on any atom is 0.261 e. The Balaban J connectivity index is 1.41. The highest BCUT2D eigenvalue weighted by atomic mass is 35.5. The summed E-state index contributed by atoms with van der Waals surface area (Å²) in [5, 5.41) is 3.28. The number of amides is 1. The van der Waals surface area contributed by atoms with Gasteiger partial charge in [0, 0.05) is 12.1 Å². The SMILES string of the molecule is C[C@H]1[C@H](NC(=O)c2ccc(Sc3ncc(Cl)s3)s2)C2CCN1CC2. The largest absolute Gasteiger partial charge is 0.347 e. The maximum atomic E-state index is 12.6. The van der Waals surface area contributed by atoms with Crippen LogP contribution in [0.3, 0.4) is 0 Å². The predicted molar refractivity (Wildman–Crippen MR) is 101 cm³/mol. The second-order valence-electron chi connectivity index (χ2n) is 6.26. The lowest BCUT2D eigenvalue weighted by Crippen LogP contribution is -2.62. The van der Waals surface area contributed by atoms with Crippen molar-refractivity contribution in [1.29, 1.82) is 0 Å². The minimum Gasteiger partial charge on any atom is -0.347 e. The average molecular weight is 400 g/mol. The Labute approximate surface area is 158 Å². The average Bonchev–Trinajstić information content (AvgIpc) is 3.21. The number of aromatic nitrogens is 1. The fourth-order valence-corrected chi connectivity index (χ4v) is 7.01. The number of carbonyl (C=O) groups excluding carboxylic acids is 1. The van der Waals surface area contributed by atoms with Crippen molar-refractivity contribution >= 4 is 51.9 Å². The van der Waals surface area contributed by atoms with Crippen LogP contribution in [0.1, 0.15) is 29.4 Å². The van der Waals surface area contributed by atoms with Gasteiger partial charge in [-0.1, -0.05) is 22.9 Å². The van der Waals surface area contributed by atoms with E-state index in [1.807, 2.05) is 12.1 Å². The molecule has 0 spiro atoms. The van der Waals surface area contributed by atoms with Crippen LogP contribution in [0.4, 0.5) is 0 Å². The van der Waals surface area contributed by atoms with E-state index < -0.39 is 0 Å². The van der Waals surface area contributed by atoms with Gasteiger partial charge in [0.05, 0.1) is 15.3 Å². The molecule has 0 aromatic carbocycles. The first-order valence-corrected chi connectivity index (χ1v) is 10.9. The van der Waals surface area contributed by atoms with Crippen LogP contribution in [0.2, 0.25) is 4.34 Å². The van der Waals surface area contributed by atoms with Crippen LogP contribution < -0.4 is 5.32 Å². The van der Waals surface area contributed by atoms with Crippen LogP contribution >= 0.6 is 46.0 Å². The van der Waals surface area contributed by atoms with Crippen LogP contribution in [-0.2, 0) is 0 Å². The van der Waals surface area contributed by atoms with E-state index in [9.17, 15) is 4.79 Å². The Morgan fingerprint density at radius 2 is 2.17 bits per heavy atom. The molecule has 0 radical (unpaired) electrons. The number of hydrogen-bond acceptors (Lipinski definition) is 6. The molecule has 1 N–H and O–H groups in total. The summed E-state index contributed by atoms with van der Waals surface area (Å²) in [5.41, 5.74) is 0. The summed E-state index contributed by atoms with van der Waals surface area (Å²) in [6.07, 6.45) is 4.06. The molecule has 3 fully saturated rings. The van der Waals surface area contributed by atoms with Crippen LogP contribution in [0, 0.1) is 5.92 Å². The molecule has 2 atom stereocenters. The molecule has 2 aromatic rings. The quantitative estimate of drug-likeness (QED) is 0.835. The van der Waals surface area contributed by atoms with Crippen molar-refractivity contribution in [2.45, 2.75) is 40.4 Å². The number of nitrogens with one attached hydrogen (secondary N) is 1. The second kappa shape index (κ2) is 6.96. The van der Waals surface area contributed by atoms with Crippen molar-refractivity contribution < 1.29 is 4.79 Å². The first-order valence-electron chi connectivity index (χ1n) is 8.04. The third-order valence-corrected chi connectivity index (χ3v) is 8.33. The third kappa shape index (κ3) is 3.37. The lowest BCUT2D eigenvalue weighted by molar-refractivity contribution is 0.0218. The summed E-state index contributed by atoms with van der Waals surface area (Å²) in [4.78, 5) is 20.1. The Morgan fingerprint density at radius 3 is 2.83 bits per heavy atom. The van der Waals surface area contributed by atoms with Crippen molar-refractivity contribution in [3.63, 3.8) is 0 Å². The zero-order valence-corrected chi connectivity index (χ0v) is 16.4. The molecule has 2 aromatic heterocycles. The molecule has 3 aliphatic rings. The highest BCUT2D eigenvalue weighted by Crippen LogP contribution is 2.37. The summed E-state index contributed by atoms with van der Waals surface area (Å²) in [6, 6.07) is 4.60. The van der Waals surface area contributed by atoms with Crippen LogP contribution in [-0.4, -0.2) is 41.0 Å². The molecule has 2 bridgehead atoms. The van der Waals surface area contributed by atoms with E-state index in [0.29, 0.717) is 16.3 Å². The maximum absolute atomic E-state index is 12.6. The molecule has 5 rings (SSSR count). The molecule has 0 aliphatic carbocycles. The number of fused-ring (bicyclic) bond motifs is 3. The normalized spacial score (nSPS) is 28.9. The predicted octanol–water partition coefficient (Wildman–Crippen LogP) is 4.22. The molecule has 0 saturated carbocycles. The zero-order chi connectivity index (χ0) is 16.7. The van der Waals surface area contributed by atoms with E-state index in [0.717, 1.165) is 13.4 Å². The summed E-state index contributed by atoms with van der Waals surface area (Å²) in [5.74, 6) is 0.676. The molecule has 3 saturated heterocycles. The number of thiazole rings is 1. The summed E-state index contributed by atoms with van der Waals surface area (Å²) < 4.78 is 2.65. The molecule has 4 nitrogen and oxygen atoms in total. The molecule has 5 heterocycles. The van der Waals surface area contributed by atoms with E-state index in [1.165, 1.54) is 48.6 Å². The second-order valence-corrected chi connectivity index (χ2v) is 10.6. The lowest BCUT2D eigenvalue weighted by Gasteiger charge is -2.49. The van der Waals surface area contributed by atoms with Crippen molar-refractivity contribution in [2.75, 3.05) is 13.1 Å². The van der Waals surface area contributed by atoms with E-state index in [2.05, 4.69) is 22.1 Å². The van der Waals surface area contributed by atoms with Gasteiger partial charge in [-0.3, -0.25) is 9.69 Å². The zero-order valence-electron chi connectivity index (χ0n) is 13.2. The summed E-state index contributed by atoms with van der Waals surface area (Å²) >= 11 is 10.4.